The Labute approximate surface area is 75.9 Å². The standard InChI is InChI=1S/C11H19N/c1-4-6-7-8-11(3)10-12-9-5-2/h5,9-10H,3-4,6-8H2,1-2H3/b9-5-,12-10?. The Morgan fingerprint density at radius 3 is 2.75 bits per heavy atom. The van der Waals surface area contributed by atoms with Gasteiger partial charge >= 0.3 is 0 Å². The Balaban J connectivity index is 3.45. The Morgan fingerprint density at radius 2 is 2.17 bits per heavy atom. The Bertz CT molecular complexity index is 166. The zero-order chi connectivity index (χ0) is 9.23. The van der Waals surface area contributed by atoms with Gasteiger partial charge in [-0.05, 0) is 25.3 Å². The molecule has 0 aliphatic carbocycles. The average Bonchev–Trinajstić information content (AvgIpc) is 2.06. The van der Waals surface area contributed by atoms with Crippen LogP contribution in [0.25, 0.3) is 0 Å². The molecule has 0 heterocycles. The van der Waals surface area contributed by atoms with Crippen molar-refractivity contribution in [3.63, 3.8) is 0 Å². The van der Waals surface area contributed by atoms with E-state index in [9.17, 15) is 0 Å². The van der Waals surface area contributed by atoms with Crippen LogP contribution in [-0.2, 0) is 0 Å². The summed E-state index contributed by atoms with van der Waals surface area (Å²) in [5.41, 5.74) is 1.13. The molecule has 0 saturated heterocycles. The molecule has 12 heavy (non-hydrogen) atoms. The van der Waals surface area contributed by atoms with Crippen molar-refractivity contribution in [2.24, 2.45) is 4.99 Å². The van der Waals surface area contributed by atoms with Gasteiger partial charge < -0.3 is 0 Å². The van der Waals surface area contributed by atoms with E-state index < -0.39 is 0 Å². The van der Waals surface area contributed by atoms with Gasteiger partial charge in [0.25, 0.3) is 0 Å². The summed E-state index contributed by atoms with van der Waals surface area (Å²) in [6.45, 7) is 8.08. The van der Waals surface area contributed by atoms with Gasteiger partial charge in [-0.1, -0.05) is 32.4 Å². The van der Waals surface area contributed by atoms with E-state index in [0.29, 0.717) is 0 Å². The van der Waals surface area contributed by atoms with Crippen LogP contribution in [0.3, 0.4) is 0 Å². The van der Waals surface area contributed by atoms with Crippen molar-refractivity contribution >= 4 is 6.21 Å². The molecule has 0 radical (unpaired) electrons. The first-order chi connectivity index (χ1) is 5.81. The largest absolute Gasteiger partial charge is 0.265 e. The lowest BCUT2D eigenvalue weighted by Crippen LogP contribution is -1.82. The first-order valence-electron chi connectivity index (χ1n) is 4.63. The van der Waals surface area contributed by atoms with Gasteiger partial charge in [0, 0.05) is 12.4 Å². The minimum Gasteiger partial charge on any atom is -0.265 e. The molecule has 0 atom stereocenters. The van der Waals surface area contributed by atoms with E-state index in [0.717, 1.165) is 12.0 Å². The van der Waals surface area contributed by atoms with Gasteiger partial charge in [-0.3, -0.25) is 4.99 Å². The van der Waals surface area contributed by atoms with E-state index >= 15 is 0 Å². The topological polar surface area (TPSA) is 12.4 Å². The van der Waals surface area contributed by atoms with E-state index in [1.165, 1.54) is 19.3 Å². The van der Waals surface area contributed by atoms with Crippen molar-refractivity contribution < 1.29 is 0 Å². The maximum atomic E-state index is 4.06. The third-order valence-corrected chi connectivity index (χ3v) is 1.59. The molecule has 0 aliphatic heterocycles. The van der Waals surface area contributed by atoms with E-state index in [1.54, 1.807) is 6.20 Å². The first kappa shape index (κ1) is 11.2. The highest BCUT2D eigenvalue weighted by Gasteiger charge is 1.88. The van der Waals surface area contributed by atoms with E-state index in [-0.39, 0.29) is 0 Å². The van der Waals surface area contributed by atoms with Crippen LogP contribution >= 0.6 is 0 Å². The molecule has 0 rings (SSSR count). The van der Waals surface area contributed by atoms with Crippen molar-refractivity contribution in [2.45, 2.75) is 39.5 Å². The molecular weight excluding hydrogens is 146 g/mol. The molecule has 0 aromatic carbocycles. The second-order valence-electron chi connectivity index (χ2n) is 2.88. The maximum Gasteiger partial charge on any atom is 0.0293 e. The quantitative estimate of drug-likeness (QED) is 0.420. The van der Waals surface area contributed by atoms with Gasteiger partial charge in [0.15, 0.2) is 0 Å². The van der Waals surface area contributed by atoms with E-state index in [1.807, 2.05) is 19.2 Å². The molecule has 0 bridgehead atoms. The van der Waals surface area contributed by atoms with Crippen LogP contribution in [0.5, 0.6) is 0 Å². The van der Waals surface area contributed by atoms with Crippen molar-refractivity contribution in [3.05, 3.63) is 24.4 Å². The average molecular weight is 165 g/mol. The number of allylic oxidation sites excluding steroid dienone is 2. The van der Waals surface area contributed by atoms with Crippen molar-refractivity contribution in [2.75, 3.05) is 0 Å². The monoisotopic (exact) mass is 165 g/mol. The summed E-state index contributed by atoms with van der Waals surface area (Å²) in [5, 5.41) is 0. The van der Waals surface area contributed by atoms with E-state index in [4.69, 9.17) is 0 Å². The minimum atomic E-state index is 1.08. The van der Waals surface area contributed by atoms with Gasteiger partial charge in [0.05, 0.1) is 0 Å². The molecule has 0 N–H and O–H groups in total. The normalized spacial score (nSPS) is 11.5. The van der Waals surface area contributed by atoms with Crippen LogP contribution < -0.4 is 0 Å². The number of hydrogen-bond donors (Lipinski definition) is 0. The molecule has 0 unspecified atom stereocenters. The molecule has 0 fully saturated rings. The lowest BCUT2D eigenvalue weighted by atomic mass is 10.1. The number of nitrogens with zero attached hydrogens (tertiary/aromatic N) is 1. The molecule has 0 saturated carbocycles. The maximum absolute atomic E-state index is 4.06. The number of hydrogen-bond acceptors (Lipinski definition) is 1. The molecule has 0 spiro atoms. The fourth-order valence-corrected chi connectivity index (χ4v) is 0.901. The van der Waals surface area contributed by atoms with Crippen LogP contribution in [-0.4, -0.2) is 6.21 Å². The smallest absolute Gasteiger partial charge is 0.0293 e. The van der Waals surface area contributed by atoms with Crippen LogP contribution in [0, 0.1) is 0 Å². The molecule has 1 nitrogen and oxygen atoms in total. The van der Waals surface area contributed by atoms with Crippen LogP contribution in [0.4, 0.5) is 0 Å². The fraction of sp³-hybridized carbons (Fsp3) is 0.545. The number of unbranched alkanes of at least 4 members (excludes halogenated alkanes) is 2. The summed E-state index contributed by atoms with van der Waals surface area (Å²) in [7, 11) is 0. The molecule has 0 aromatic heterocycles. The molecular formula is C11H19N. The molecule has 0 aliphatic rings. The van der Waals surface area contributed by atoms with E-state index in [2.05, 4.69) is 18.5 Å². The number of rotatable bonds is 6. The highest BCUT2D eigenvalue weighted by Crippen LogP contribution is 2.04. The summed E-state index contributed by atoms with van der Waals surface area (Å²) in [5.74, 6) is 0. The second kappa shape index (κ2) is 8.25. The van der Waals surface area contributed by atoms with Crippen LogP contribution in [0.2, 0.25) is 0 Å². The Hall–Kier alpha value is -0.850. The third kappa shape index (κ3) is 7.26. The molecule has 0 amide bonds. The first-order valence-corrected chi connectivity index (χ1v) is 4.63. The zero-order valence-electron chi connectivity index (χ0n) is 8.21. The van der Waals surface area contributed by atoms with Gasteiger partial charge in [-0.2, -0.15) is 0 Å². The third-order valence-electron chi connectivity index (χ3n) is 1.59. The molecule has 0 aromatic rings. The van der Waals surface area contributed by atoms with Gasteiger partial charge in [-0.15, -0.1) is 0 Å². The predicted molar refractivity (Wildman–Crippen MR) is 56.6 cm³/mol. The van der Waals surface area contributed by atoms with Gasteiger partial charge in [0.1, 0.15) is 0 Å². The number of aliphatic imine (C=N–C) groups is 1. The SMILES string of the molecule is C=C(C=N/C=C\C)CCCCC. The van der Waals surface area contributed by atoms with Gasteiger partial charge in [0.2, 0.25) is 0 Å². The lowest BCUT2D eigenvalue weighted by molar-refractivity contribution is 0.724. The summed E-state index contributed by atoms with van der Waals surface area (Å²) in [4.78, 5) is 4.06. The summed E-state index contributed by atoms with van der Waals surface area (Å²) < 4.78 is 0. The van der Waals surface area contributed by atoms with Crippen LogP contribution in [0.1, 0.15) is 39.5 Å². The van der Waals surface area contributed by atoms with Crippen LogP contribution in [0.15, 0.2) is 29.4 Å². The summed E-state index contributed by atoms with van der Waals surface area (Å²) in [6, 6.07) is 0. The zero-order valence-corrected chi connectivity index (χ0v) is 8.21. The minimum absolute atomic E-state index is 1.08. The van der Waals surface area contributed by atoms with Crippen molar-refractivity contribution in [3.8, 4) is 0 Å². The summed E-state index contributed by atoms with van der Waals surface area (Å²) in [6.07, 6.45) is 10.4. The van der Waals surface area contributed by atoms with Crippen molar-refractivity contribution in [1.29, 1.82) is 0 Å². The highest BCUT2D eigenvalue weighted by atomic mass is 14.7. The fourth-order valence-electron chi connectivity index (χ4n) is 0.901. The van der Waals surface area contributed by atoms with Gasteiger partial charge in [-0.25, -0.2) is 0 Å². The highest BCUT2D eigenvalue weighted by molar-refractivity contribution is 5.77. The van der Waals surface area contributed by atoms with Crippen molar-refractivity contribution in [1.82, 2.24) is 0 Å². The summed E-state index contributed by atoms with van der Waals surface area (Å²) >= 11 is 0. The second-order valence-corrected chi connectivity index (χ2v) is 2.88. The lowest BCUT2D eigenvalue weighted by Gasteiger charge is -1.96. The molecule has 1 heteroatoms. The molecule has 68 valence electrons. The Kier molecular flexibility index (Phi) is 7.66. The predicted octanol–water partition coefficient (Wildman–Crippen LogP) is 3.73. The Morgan fingerprint density at radius 1 is 1.42 bits per heavy atom.